The molecule has 3 heterocycles. The van der Waals surface area contributed by atoms with Crippen LogP contribution in [0.2, 0.25) is 0 Å². The van der Waals surface area contributed by atoms with Crippen molar-refractivity contribution in [1.29, 1.82) is 0 Å². The average molecular weight is 372 g/mol. The van der Waals surface area contributed by atoms with Gasteiger partial charge in [0.05, 0.1) is 31.6 Å². The van der Waals surface area contributed by atoms with Gasteiger partial charge in [0.2, 0.25) is 0 Å². The highest BCUT2D eigenvalue weighted by Gasteiger charge is 2.16. The molecule has 1 aliphatic rings. The van der Waals surface area contributed by atoms with Crippen LogP contribution in [0.4, 0.5) is 0 Å². The summed E-state index contributed by atoms with van der Waals surface area (Å²) < 4.78 is 15.7. The van der Waals surface area contributed by atoms with Gasteiger partial charge >= 0.3 is 0 Å². The predicted octanol–water partition coefficient (Wildman–Crippen LogP) is 3.85. The molecule has 0 unspecified atom stereocenters. The summed E-state index contributed by atoms with van der Waals surface area (Å²) in [6.07, 6.45) is 9.29. The second kappa shape index (κ2) is 7.32. The first-order valence-corrected chi connectivity index (χ1v) is 9.30. The van der Waals surface area contributed by atoms with Crippen molar-refractivity contribution >= 4 is 0 Å². The number of benzene rings is 2. The Morgan fingerprint density at radius 1 is 1.00 bits per heavy atom. The van der Waals surface area contributed by atoms with E-state index < -0.39 is 0 Å². The second-order valence-corrected chi connectivity index (χ2v) is 6.71. The molecule has 0 saturated heterocycles. The van der Waals surface area contributed by atoms with E-state index in [1.165, 1.54) is 11.1 Å². The highest BCUT2D eigenvalue weighted by Crippen LogP contribution is 2.31. The van der Waals surface area contributed by atoms with Crippen molar-refractivity contribution in [3.05, 3.63) is 84.7 Å². The molecule has 0 fully saturated rings. The molecule has 140 valence electrons. The van der Waals surface area contributed by atoms with Crippen LogP contribution < -0.4 is 4.74 Å². The summed E-state index contributed by atoms with van der Waals surface area (Å²) in [6.45, 7) is 2.67. The fourth-order valence-corrected chi connectivity index (χ4v) is 3.48. The molecule has 6 nitrogen and oxygen atoms in total. The van der Waals surface area contributed by atoms with Crippen LogP contribution in [0.15, 0.2) is 73.6 Å². The van der Waals surface area contributed by atoms with Crippen molar-refractivity contribution in [2.75, 3.05) is 6.61 Å². The third-order valence-corrected chi connectivity index (χ3v) is 4.92. The van der Waals surface area contributed by atoms with E-state index in [1.54, 1.807) is 12.5 Å². The largest absolute Gasteiger partial charge is 0.491 e. The monoisotopic (exact) mass is 372 g/mol. The zero-order chi connectivity index (χ0) is 18.8. The average Bonchev–Trinajstić information content (AvgIpc) is 3.48. The fraction of sp³-hybridized carbons (Fsp3) is 0.182. The summed E-state index contributed by atoms with van der Waals surface area (Å²) in [5.74, 6) is 1.68. The van der Waals surface area contributed by atoms with Gasteiger partial charge in [0.25, 0.3) is 0 Å². The molecule has 4 aromatic rings. The minimum Gasteiger partial charge on any atom is -0.491 e. The van der Waals surface area contributed by atoms with E-state index >= 15 is 0 Å². The lowest BCUT2D eigenvalue weighted by Crippen LogP contribution is -2.07. The van der Waals surface area contributed by atoms with Crippen molar-refractivity contribution < 1.29 is 9.47 Å². The third-order valence-electron chi connectivity index (χ3n) is 4.92. The molecule has 2 aromatic carbocycles. The number of imidazole rings is 2. The van der Waals surface area contributed by atoms with E-state index in [2.05, 4.69) is 32.7 Å². The molecular weight excluding hydrogens is 352 g/mol. The summed E-state index contributed by atoms with van der Waals surface area (Å²) in [5.41, 5.74) is 4.54. The van der Waals surface area contributed by atoms with Crippen LogP contribution in [0.1, 0.15) is 11.1 Å². The number of hydrogen-bond donors (Lipinski definition) is 0. The first-order valence-electron chi connectivity index (χ1n) is 9.30. The lowest BCUT2D eigenvalue weighted by molar-refractivity contribution is 0.134. The van der Waals surface area contributed by atoms with Gasteiger partial charge in [-0.05, 0) is 35.4 Å². The molecule has 0 aliphatic carbocycles. The number of fused-ring (bicyclic) bond motifs is 1. The minimum atomic E-state index is 0.560. The Labute approximate surface area is 163 Å². The zero-order valence-electron chi connectivity index (χ0n) is 15.4. The van der Waals surface area contributed by atoms with Crippen LogP contribution in [0.3, 0.4) is 0 Å². The van der Waals surface area contributed by atoms with Crippen molar-refractivity contribution in [2.24, 2.45) is 0 Å². The maximum absolute atomic E-state index is 6.08. The van der Waals surface area contributed by atoms with Gasteiger partial charge in [0.15, 0.2) is 0 Å². The van der Waals surface area contributed by atoms with Gasteiger partial charge < -0.3 is 14.0 Å². The Morgan fingerprint density at radius 3 is 2.86 bits per heavy atom. The molecule has 1 aliphatic heterocycles. The first-order chi connectivity index (χ1) is 13.9. The fourth-order valence-electron chi connectivity index (χ4n) is 3.48. The third kappa shape index (κ3) is 3.18. The van der Waals surface area contributed by atoms with E-state index in [4.69, 9.17) is 9.47 Å². The topological polar surface area (TPSA) is 54.1 Å². The Bertz CT molecular complexity index is 1090. The smallest absolute Gasteiger partial charge is 0.148 e. The van der Waals surface area contributed by atoms with Crippen molar-refractivity contribution in [1.82, 2.24) is 19.1 Å². The normalized spacial score (nSPS) is 12.9. The van der Waals surface area contributed by atoms with Crippen molar-refractivity contribution in [2.45, 2.75) is 19.8 Å². The summed E-state index contributed by atoms with van der Waals surface area (Å²) in [5, 5.41) is 0. The van der Waals surface area contributed by atoms with Gasteiger partial charge in [-0.1, -0.05) is 18.2 Å². The standard InChI is InChI=1S/C22H20N4O2/c1-2-4-21(28-12-11-25-9-7-23-16-25)20(3-1)22-24-8-10-26(22)19-6-5-17-14-27-15-18(17)13-19/h1-10,13,16H,11-12,14-15H2. The van der Waals surface area contributed by atoms with Crippen LogP contribution in [-0.2, 0) is 24.5 Å². The van der Waals surface area contributed by atoms with Crippen LogP contribution in [0.25, 0.3) is 17.1 Å². The molecule has 5 rings (SSSR count). The van der Waals surface area contributed by atoms with Crippen LogP contribution >= 0.6 is 0 Å². The molecule has 0 spiro atoms. The van der Waals surface area contributed by atoms with E-state index in [1.807, 2.05) is 47.4 Å². The summed E-state index contributed by atoms with van der Waals surface area (Å²) in [4.78, 5) is 8.67. The lowest BCUT2D eigenvalue weighted by atomic mass is 10.1. The summed E-state index contributed by atoms with van der Waals surface area (Å²) in [7, 11) is 0. The predicted molar refractivity (Wildman–Crippen MR) is 105 cm³/mol. The first kappa shape index (κ1) is 16.8. The molecule has 0 bridgehead atoms. The molecule has 0 saturated carbocycles. The highest BCUT2D eigenvalue weighted by atomic mass is 16.5. The van der Waals surface area contributed by atoms with Crippen molar-refractivity contribution in [3.8, 4) is 22.8 Å². The Kier molecular flexibility index (Phi) is 4.39. The molecule has 6 heteroatoms. The summed E-state index contributed by atoms with van der Waals surface area (Å²) >= 11 is 0. The number of para-hydroxylation sites is 1. The minimum absolute atomic E-state index is 0.560. The molecular formula is C22H20N4O2. The molecule has 0 amide bonds. The molecule has 0 atom stereocenters. The Hall–Kier alpha value is -3.38. The maximum Gasteiger partial charge on any atom is 0.148 e. The van der Waals surface area contributed by atoms with E-state index in [-0.39, 0.29) is 0 Å². The Balaban J connectivity index is 1.44. The number of rotatable bonds is 6. The van der Waals surface area contributed by atoms with Gasteiger partial charge in [-0.25, -0.2) is 9.97 Å². The van der Waals surface area contributed by atoms with Crippen LogP contribution in [-0.4, -0.2) is 25.7 Å². The molecule has 28 heavy (non-hydrogen) atoms. The van der Waals surface area contributed by atoms with Gasteiger partial charge in [0, 0.05) is 30.5 Å². The molecule has 2 aromatic heterocycles. The van der Waals surface area contributed by atoms with E-state index in [0.29, 0.717) is 19.8 Å². The Morgan fingerprint density at radius 2 is 1.93 bits per heavy atom. The second-order valence-electron chi connectivity index (χ2n) is 6.71. The number of aromatic nitrogens is 4. The van der Waals surface area contributed by atoms with Gasteiger partial charge in [0.1, 0.15) is 18.2 Å². The number of ether oxygens (including phenoxy) is 2. The summed E-state index contributed by atoms with van der Waals surface area (Å²) in [6, 6.07) is 14.4. The van der Waals surface area contributed by atoms with Gasteiger partial charge in [-0.15, -0.1) is 0 Å². The van der Waals surface area contributed by atoms with Crippen LogP contribution in [0, 0.1) is 0 Å². The van der Waals surface area contributed by atoms with Gasteiger partial charge in [-0.3, -0.25) is 4.57 Å². The molecule has 0 radical (unpaired) electrons. The quantitative estimate of drug-likeness (QED) is 0.516. The maximum atomic E-state index is 6.08. The highest BCUT2D eigenvalue weighted by molar-refractivity contribution is 5.66. The number of nitrogens with zero attached hydrogens (tertiary/aromatic N) is 4. The van der Waals surface area contributed by atoms with Gasteiger partial charge in [-0.2, -0.15) is 0 Å². The molecule has 0 N–H and O–H groups in total. The lowest BCUT2D eigenvalue weighted by Gasteiger charge is -2.14. The van der Waals surface area contributed by atoms with E-state index in [9.17, 15) is 0 Å². The van der Waals surface area contributed by atoms with Crippen molar-refractivity contribution in [3.63, 3.8) is 0 Å². The number of hydrogen-bond acceptors (Lipinski definition) is 4. The SMILES string of the molecule is c1ccc(-c2nccn2-c2ccc3c(c2)COC3)c(OCCn2ccnc2)c1. The van der Waals surface area contributed by atoms with Crippen LogP contribution in [0.5, 0.6) is 5.75 Å². The van der Waals surface area contributed by atoms with E-state index in [0.717, 1.165) is 29.4 Å². The zero-order valence-corrected chi connectivity index (χ0v) is 15.4.